The Bertz CT molecular complexity index is 1490. The molecule has 0 saturated carbocycles. The number of fused-ring (bicyclic) bond motifs is 1. The molecule has 2 atom stereocenters. The minimum atomic E-state index is -1.18. The molecule has 0 aromatic heterocycles. The minimum absolute atomic E-state index is 0.0327. The first-order chi connectivity index (χ1) is 19.4. The summed E-state index contributed by atoms with van der Waals surface area (Å²) in [5, 5.41) is 14.4. The monoisotopic (exact) mass is 576 g/mol. The van der Waals surface area contributed by atoms with Crippen molar-refractivity contribution in [2.45, 2.75) is 31.5 Å². The van der Waals surface area contributed by atoms with Crippen LogP contribution < -0.4 is 5.11 Å². The zero-order chi connectivity index (χ0) is 28.1. The molecule has 1 fully saturated rings. The fourth-order valence-corrected chi connectivity index (χ4v) is 5.67. The molecule has 40 heavy (non-hydrogen) atoms. The van der Waals surface area contributed by atoms with E-state index in [-0.39, 0.29) is 40.8 Å². The Labute approximate surface area is 243 Å². The number of ether oxygens (including phenoxy) is 2. The Morgan fingerprint density at radius 2 is 1.57 bits per heavy atom. The number of likely N-dealkylation sites (tertiary alicyclic amines) is 1. The molecule has 0 spiro atoms. The molecule has 0 bridgehead atoms. The number of hydrogen-bond acceptors (Lipinski definition) is 5. The summed E-state index contributed by atoms with van der Waals surface area (Å²) >= 11 is 12.2. The highest BCUT2D eigenvalue weighted by Gasteiger charge is 2.31. The van der Waals surface area contributed by atoms with Crippen LogP contribution in [-0.2, 0) is 22.5 Å². The first kappa shape index (κ1) is 28.0. The quantitative estimate of drug-likeness (QED) is 0.231. The van der Waals surface area contributed by atoms with Crippen LogP contribution in [-0.4, -0.2) is 42.8 Å². The van der Waals surface area contributed by atoms with Crippen molar-refractivity contribution >= 4 is 46.0 Å². The van der Waals surface area contributed by atoms with Gasteiger partial charge in [0.1, 0.15) is 6.09 Å². The second-order valence-electron chi connectivity index (χ2n) is 9.86. The van der Waals surface area contributed by atoms with Crippen molar-refractivity contribution in [3.8, 4) is 0 Å². The first-order valence-corrected chi connectivity index (χ1v) is 13.9. The number of amides is 1. The summed E-state index contributed by atoms with van der Waals surface area (Å²) < 4.78 is 11.7. The number of nitrogens with zero attached hydrogens (tertiary/aromatic N) is 1. The maximum Gasteiger partial charge on any atom is 0.341 e. The number of rotatable bonds is 8. The highest BCUT2D eigenvalue weighted by atomic mass is 35.5. The molecule has 0 aliphatic carbocycles. The average molecular weight is 577 g/mol. The van der Waals surface area contributed by atoms with E-state index < -0.39 is 12.1 Å². The molecule has 1 amide bonds. The van der Waals surface area contributed by atoms with Crippen molar-refractivity contribution in [1.29, 1.82) is 0 Å². The molecule has 206 valence electrons. The molecule has 0 N–H and O–H groups in total. The minimum Gasteiger partial charge on any atom is -0.530 e. The second kappa shape index (κ2) is 12.7. The Kier molecular flexibility index (Phi) is 8.90. The van der Waals surface area contributed by atoms with Crippen molar-refractivity contribution in [3.63, 3.8) is 0 Å². The van der Waals surface area contributed by atoms with E-state index in [0.29, 0.717) is 26.0 Å². The molecule has 4 aromatic carbocycles. The van der Waals surface area contributed by atoms with E-state index in [1.54, 1.807) is 18.2 Å². The topological polar surface area (TPSA) is 78.9 Å². The molecular weight excluding hydrogens is 549 g/mol. The van der Waals surface area contributed by atoms with Crippen LogP contribution in [0, 0.1) is 0 Å². The van der Waals surface area contributed by atoms with Crippen molar-refractivity contribution < 1.29 is 24.2 Å². The van der Waals surface area contributed by atoms with E-state index in [0.717, 1.165) is 27.5 Å². The summed E-state index contributed by atoms with van der Waals surface area (Å²) in [4.78, 5) is 25.3. The van der Waals surface area contributed by atoms with Gasteiger partial charge < -0.3 is 24.3 Å². The van der Waals surface area contributed by atoms with Gasteiger partial charge in [-0.15, -0.1) is 0 Å². The number of piperidine rings is 1. The summed E-state index contributed by atoms with van der Waals surface area (Å²) in [6.07, 6.45) is -0.337. The van der Waals surface area contributed by atoms with Gasteiger partial charge in [0.05, 0.1) is 34.9 Å². The lowest BCUT2D eigenvalue weighted by Crippen LogP contribution is -2.51. The zero-order valence-electron chi connectivity index (χ0n) is 21.7. The van der Waals surface area contributed by atoms with E-state index in [1.165, 1.54) is 4.90 Å². The second-order valence-corrected chi connectivity index (χ2v) is 10.7. The summed E-state index contributed by atoms with van der Waals surface area (Å²) in [6.45, 7) is 1.21. The van der Waals surface area contributed by atoms with Crippen LogP contribution in [0.15, 0.2) is 84.9 Å². The molecule has 4 aromatic rings. The lowest BCUT2D eigenvalue weighted by molar-refractivity contribution is -0.268. The number of esters is 1. The maximum absolute atomic E-state index is 12.4. The van der Waals surface area contributed by atoms with Gasteiger partial charge in [-0.05, 0) is 52.1 Å². The number of halogens is 2. The molecule has 1 aliphatic heterocycles. The Morgan fingerprint density at radius 3 is 2.30 bits per heavy atom. The molecule has 1 heterocycles. The van der Waals surface area contributed by atoms with Gasteiger partial charge in [0, 0.05) is 25.4 Å². The lowest BCUT2D eigenvalue weighted by atomic mass is 9.86. The first-order valence-electron chi connectivity index (χ1n) is 13.1. The molecule has 0 radical (unpaired) electrons. The van der Waals surface area contributed by atoms with Crippen molar-refractivity contribution in [1.82, 2.24) is 4.90 Å². The van der Waals surface area contributed by atoms with Crippen LogP contribution in [0.2, 0.25) is 10.0 Å². The lowest BCUT2D eigenvalue weighted by Gasteiger charge is -2.40. The van der Waals surface area contributed by atoms with E-state index in [2.05, 4.69) is 24.3 Å². The van der Waals surface area contributed by atoms with Crippen molar-refractivity contribution in [2.24, 2.45) is 0 Å². The van der Waals surface area contributed by atoms with Crippen LogP contribution in [0.4, 0.5) is 4.79 Å². The zero-order valence-corrected chi connectivity index (χ0v) is 23.2. The summed E-state index contributed by atoms with van der Waals surface area (Å²) in [7, 11) is 0. The van der Waals surface area contributed by atoms with Gasteiger partial charge in [-0.2, -0.15) is 0 Å². The number of carbonyl (C=O) groups excluding carboxylic acids is 2. The third-order valence-corrected chi connectivity index (χ3v) is 7.92. The Hall–Kier alpha value is -3.58. The SMILES string of the molecule is O=C(OCCc1ccc(C2CCN(C(=O)[O-])CC2OCc2ccc3ccccc3c2)cc1)c1c(Cl)cccc1Cl. The molecule has 5 rings (SSSR count). The highest BCUT2D eigenvalue weighted by Crippen LogP contribution is 2.32. The Morgan fingerprint density at radius 1 is 0.875 bits per heavy atom. The fraction of sp³-hybridized carbons (Fsp3) is 0.250. The number of carboxylic acid groups (broad SMARTS) is 1. The molecular formula is C32H28Cl2NO5-. The van der Waals surface area contributed by atoms with E-state index in [4.69, 9.17) is 32.7 Å². The van der Waals surface area contributed by atoms with Crippen molar-refractivity contribution in [2.75, 3.05) is 19.7 Å². The molecule has 6 nitrogen and oxygen atoms in total. The van der Waals surface area contributed by atoms with Gasteiger partial charge in [-0.1, -0.05) is 89.9 Å². The summed E-state index contributed by atoms with van der Waals surface area (Å²) in [5.41, 5.74) is 3.28. The largest absolute Gasteiger partial charge is 0.530 e. The van der Waals surface area contributed by atoms with Gasteiger partial charge in [-0.3, -0.25) is 0 Å². The molecule has 8 heteroatoms. The summed E-state index contributed by atoms with van der Waals surface area (Å²) in [5.74, 6) is -0.524. The maximum atomic E-state index is 12.4. The van der Waals surface area contributed by atoms with Gasteiger partial charge in [0.15, 0.2) is 0 Å². The molecule has 2 unspecified atom stereocenters. The van der Waals surface area contributed by atoms with Crippen LogP contribution in [0.5, 0.6) is 0 Å². The van der Waals surface area contributed by atoms with Gasteiger partial charge in [-0.25, -0.2) is 4.79 Å². The van der Waals surface area contributed by atoms with Crippen LogP contribution in [0.3, 0.4) is 0 Å². The molecule has 1 saturated heterocycles. The number of hydrogen-bond donors (Lipinski definition) is 0. The third kappa shape index (κ3) is 6.58. The predicted molar refractivity (Wildman–Crippen MR) is 154 cm³/mol. The van der Waals surface area contributed by atoms with Crippen LogP contribution in [0.1, 0.15) is 39.4 Å². The molecule has 1 aliphatic rings. The Balaban J connectivity index is 1.22. The van der Waals surface area contributed by atoms with Crippen LogP contribution in [0.25, 0.3) is 10.8 Å². The van der Waals surface area contributed by atoms with Crippen molar-refractivity contribution in [3.05, 3.63) is 117 Å². The van der Waals surface area contributed by atoms with Gasteiger partial charge in [0.25, 0.3) is 0 Å². The number of carbonyl (C=O) groups is 2. The number of benzene rings is 4. The van der Waals surface area contributed by atoms with Gasteiger partial charge in [0.2, 0.25) is 0 Å². The van der Waals surface area contributed by atoms with E-state index in [9.17, 15) is 14.7 Å². The van der Waals surface area contributed by atoms with E-state index in [1.807, 2.05) is 42.5 Å². The normalized spacial score (nSPS) is 17.1. The third-order valence-electron chi connectivity index (χ3n) is 7.29. The smallest absolute Gasteiger partial charge is 0.341 e. The standard InChI is InChI=1S/C32H29Cl2NO5/c33-27-6-3-7-28(34)30(27)31(36)39-17-15-21-8-12-24(13-9-21)26-14-16-35(32(37)38)19-29(26)40-20-22-10-11-23-4-1-2-5-25(23)18-22/h1-13,18,26,29H,14-17,19-20H2,(H,37,38)/p-1. The average Bonchev–Trinajstić information content (AvgIpc) is 2.96. The summed E-state index contributed by atoms with van der Waals surface area (Å²) in [6, 6.07) is 27.3. The van der Waals surface area contributed by atoms with E-state index >= 15 is 0 Å². The van der Waals surface area contributed by atoms with Gasteiger partial charge >= 0.3 is 5.97 Å². The predicted octanol–water partition coefficient (Wildman–Crippen LogP) is 6.26. The highest BCUT2D eigenvalue weighted by molar-refractivity contribution is 6.39. The van der Waals surface area contributed by atoms with Crippen LogP contribution >= 0.6 is 23.2 Å². The fourth-order valence-electron chi connectivity index (χ4n) is 5.12.